The Labute approximate surface area is 298 Å². The highest BCUT2D eigenvalue weighted by Gasteiger charge is 2.29. The van der Waals surface area contributed by atoms with Crippen LogP contribution in [-0.2, 0) is 36.9 Å². The first kappa shape index (κ1) is 37.7. The minimum absolute atomic E-state index is 0.0260. The van der Waals surface area contributed by atoms with E-state index in [1.54, 1.807) is 69.1 Å². The molecule has 2 atom stereocenters. The Bertz CT molecular complexity index is 1610. The molecular formula is C37H44Cl2N4O6. The van der Waals surface area contributed by atoms with Crippen molar-refractivity contribution in [1.29, 1.82) is 0 Å². The van der Waals surface area contributed by atoms with Gasteiger partial charge < -0.3 is 29.9 Å². The Kier molecular flexibility index (Phi) is 13.5. The number of carbonyl (C=O) groups excluding carboxylic acids is 4. The molecule has 1 heterocycles. The largest absolute Gasteiger partial charge is 0.461 e. The number of rotatable bonds is 13. The number of alkyl carbamates (subject to hydrolysis) is 1. The molecule has 0 unspecified atom stereocenters. The van der Waals surface area contributed by atoms with Gasteiger partial charge in [-0.15, -0.1) is 0 Å². The molecule has 0 spiro atoms. The molecule has 3 aromatic carbocycles. The monoisotopic (exact) mass is 710 g/mol. The third-order valence-electron chi connectivity index (χ3n) is 7.99. The summed E-state index contributed by atoms with van der Waals surface area (Å²) in [6.07, 6.45) is 1.05. The molecule has 1 fully saturated rings. The number of anilines is 1. The molecule has 1 aliphatic rings. The quantitative estimate of drug-likeness (QED) is 0.188. The second-order valence-corrected chi connectivity index (χ2v) is 13.9. The summed E-state index contributed by atoms with van der Waals surface area (Å²) in [5, 5.41) is 6.16. The van der Waals surface area contributed by atoms with Gasteiger partial charge in [0.15, 0.2) is 0 Å². The molecule has 3 aromatic rings. The molecule has 49 heavy (non-hydrogen) atoms. The van der Waals surface area contributed by atoms with Crippen molar-refractivity contribution in [2.24, 2.45) is 0 Å². The number of nitrogens with zero attached hydrogens (tertiary/aromatic N) is 2. The maximum atomic E-state index is 13.6. The number of amides is 3. The Balaban J connectivity index is 1.51. The van der Waals surface area contributed by atoms with E-state index in [2.05, 4.69) is 15.5 Å². The lowest BCUT2D eigenvalue weighted by Gasteiger charge is -2.32. The van der Waals surface area contributed by atoms with E-state index in [9.17, 15) is 19.2 Å². The van der Waals surface area contributed by atoms with Gasteiger partial charge in [-0.05, 0) is 87.7 Å². The van der Waals surface area contributed by atoms with Crippen LogP contribution in [0, 0.1) is 0 Å². The number of benzene rings is 3. The zero-order chi connectivity index (χ0) is 35.6. The SMILES string of the molecule is CN(C(=O)Cc1ccc(Cl)c(Cl)c1)[C@H](CN1CCCC1)c1cccc(NC(=O)[C@H](CC(=O)OCc2ccccc2)NC(=O)OC(C)(C)C)c1. The van der Waals surface area contributed by atoms with Gasteiger partial charge >= 0.3 is 12.1 Å². The molecular weight excluding hydrogens is 667 g/mol. The lowest BCUT2D eigenvalue weighted by molar-refractivity contribution is -0.146. The van der Waals surface area contributed by atoms with Crippen LogP contribution in [0.3, 0.4) is 0 Å². The van der Waals surface area contributed by atoms with Crippen LogP contribution in [0.5, 0.6) is 0 Å². The summed E-state index contributed by atoms with van der Waals surface area (Å²) in [4.78, 5) is 56.7. The molecule has 3 amide bonds. The van der Waals surface area contributed by atoms with Gasteiger partial charge in [0, 0.05) is 19.3 Å². The molecule has 0 aliphatic carbocycles. The molecule has 0 bridgehead atoms. The summed E-state index contributed by atoms with van der Waals surface area (Å²) >= 11 is 12.3. The molecule has 1 saturated heterocycles. The predicted octanol–water partition coefficient (Wildman–Crippen LogP) is 6.80. The molecule has 0 aromatic heterocycles. The molecule has 4 rings (SSSR count). The molecule has 0 saturated carbocycles. The van der Waals surface area contributed by atoms with Gasteiger partial charge in [-0.1, -0.05) is 71.7 Å². The van der Waals surface area contributed by atoms with Gasteiger partial charge in [0.25, 0.3) is 0 Å². The smallest absolute Gasteiger partial charge is 0.408 e. The number of likely N-dealkylation sites (tertiary alicyclic amines) is 1. The van der Waals surface area contributed by atoms with Crippen LogP contribution < -0.4 is 10.6 Å². The third-order valence-corrected chi connectivity index (χ3v) is 8.73. The van der Waals surface area contributed by atoms with E-state index in [0.717, 1.165) is 42.6 Å². The average molecular weight is 712 g/mol. The fourth-order valence-electron chi connectivity index (χ4n) is 5.46. The van der Waals surface area contributed by atoms with Gasteiger partial charge in [0.05, 0.1) is 28.9 Å². The standard InChI is InChI=1S/C37H44Cl2N4O6/c1-37(2,3)49-36(47)41-31(22-34(45)48-24-25-11-6-5-7-12-25)35(46)40-28-14-10-13-27(21-28)32(23-43-17-8-9-18-43)42(4)33(44)20-26-15-16-29(38)30(39)19-26/h5-7,10-16,19,21,31-32H,8-9,17-18,20,22-24H2,1-4H3,(H,40,46)(H,41,47)/t31-,32+/m0/s1. The van der Waals surface area contributed by atoms with Gasteiger partial charge in [-0.3, -0.25) is 14.4 Å². The Hall–Kier alpha value is -4.12. The molecule has 10 nitrogen and oxygen atoms in total. The highest BCUT2D eigenvalue weighted by molar-refractivity contribution is 6.42. The van der Waals surface area contributed by atoms with Crippen molar-refractivity contribution in [3.8, 4) is 0 Å². The number of likely N-dealkylation sites (N-methyl/N-ethyl adjacent to an activating group) is 1. The lowest BCUT2D eigenvalue weighted by atomic mass is 10.0. The van der Waals surface area contributed by atoms with Crippen LogP contribution in [0.15, 0.2) is 72.8 Å². The van der Waals surface area contributed by atoms with Gasteiger partial charge in [0.2, 0.25) is 11.8 Å². The maximum Gasteiger partial charge on any atom is 0.408 e. The van der Waals surface area contributed by atoms with Crippen LogP contribution in [-0.4, -0.2) is 72.0 Å². The molecule has 1 aliphatic heterocycles. The van der Waals surface area contributed by atoms with Crippen molar-refractivity contribution in [3.63, 3.8) is 0 Å². The topological polar surface area (TPSA) is 117 Å². The average Bonchev–Trinajstić information content (AvgIpc) is 3.57. The minimum Gasteiger partial charge on any atom is -0.461 e. The van der Waals surface area contributed by atoms with Crippen LogP contribution in [0.25, 0.3) is 0 Å². The zero-order valence-corrected chi connectivity index (χ0v) is 29.9. The Morgan fingerprint density at radius 3 is 2.29 bits per heavy atom. The lowest BCUT2D eigenvalue weighted by Crippen LogP contribution is -2.47. The third kappa shape index (κ3) is 12.1. The van der Waals surface area contributed by atoms with E-state index in [1.165, 1.54) is 0 Å². The van der Waals surface area contributed by atoms with Crippen LogP contribution >= 0.6 is 23.2 Å². The van der Waals surface area contributed by atoms with Crippen molar-refractivity contribution in [2.45, 2.75) is 70.7 Å². The normalized spacial score (nSPS) is 14.4. The number of hydrogen-bond acceptors (Lipinski definition) is 7. The van der Waals surface area contributed by atoms with Crippen LogP contribution in [0.4, 0.5) is 10.5 Å². The van der Waals surface area contributed by atoms with Crippen molar-refractivity contribution < 1.29 is 28.7 Å². The number of carbonyl (C=O) groups is 4. The van der Waals surface area contributed by atoms with Crippen LogP contribution in [0.1, 0.15) is 62.8 Å². The van der Waals surface area contributed by atoms with E-state index in [4.69, 9.17) is 32.7 Å². The number of nitrogens with one attached hydrogen (secondary N) is 2. The summed E-state index contributed by atoms with van der Waals surface area (Å²) in [5.74, 6) is -1.39. The van der Waals surface area contributed by atoms with Crippen molar-refractivity contribution in [1.82, 2.24) is 15.1 Å². The van der Waals surface area contributed by atoms with Gasteiger partial charge in [0.1, 0.15) is 18.2 Å². The first-order chi connectivity index (χ1) is 23.3. The van der Waals surface area contributed by atoms with E-state index in [0.29, 0.717) is 22.3 Å². The van der Waals surface area contributed by atoms with E-state index >= 15 is 0 Å². The zero-order valence-electron chi connectivity index (χ0n) is 28.3. The fraction of sp³-hybridized carbons (Fsp3) is 0.405. The second kappa shape index (κ2) is 17.5. The fourth-order valence-corrected chi connectivity index (χ4v) is 5.78. The number of hydrogen-bond donors (Lipinski definition) is 2. The number of halogens is 2. The summed E-state index contributed by atoms with van der Waals surface area (Å²) in [5.41, 5.74) is 1.97. The van der Waals surface area contributed by atoms with Crippen LogP contribution in [0.2, 0.25) is 10.0 Å². The van der Waals surface area contributed by atoms with Crippen molar-refractivity contribution >= 4 is 52.8 Å². The second-order valence-electron chi connectivity index (χ2n) is 13.1. The van der Waals surface area contributed by atoms with Gasteiger partial charge in [-0.2, -0.15) is 0 Å². The first-order valence-electron chi connectivity index (χ1n) is 16.3. The highest BCUT2D eigenvalue weighted by Crippen LogP contribution is 2.28. The molecule has 2 N–H and O–H groups in total. The number of esters is 1. The molecule has 12 heteroatoms. The Morgan fingerprint density at radius 1 is 0.898 bits per heavy atom. The van der Waals surface area contributed by atoms with Crippen molar-refractivity contribution in [2.75, 3.05) is 32.0 Å². The molecule has 0 radical (unpaired) electrons. The summed E-state index contributed by atoms with van der Waals surface area (Å²) in [7, 11) is 1.77. The molecule has 262 valence electrons. The first-order valence-corrected chi connectivity index (χ1v) is 17.0. The van der Waals surface area contributed by atoms with E-state index < -0.39 is 36.0 Å². The van der Waals surface area contributed by atoms with Crippen molar-refractivity contribution in [3.05, 3.63) is 99.5 Å². The maximum absolute atomic E-state index is 13.6. The summed E-state index contributed by atoms with van der Waals surface area (Å²) in [6.45, 7) is 7.60. The number of ether oxygens (including phenoxy) is 2. The minimum atomic E-state index is -1.28. The summed E-state index contributed by atoms with van der Waals surface area (Å²) in [6, 6.07) is 19.9. The van der Waals surface area contributed by atoms with Gasteiger partial charge in [-0.25, -0.2) is 4.79 Å². The Morgan fingerprint density at radius 2 is 1.61 bits per heavy atom. The highest BCUT2D eigenvalue weighted by atomic mass is 35.5. The summed E-state index contributed by atoms with van der Waals surface area (Å²) < 4.78 is 10.8. The van der Waals surface area contributed by atoms with E-state index in [1.807, 2.05) is 36.4 Å². The van der Waals surface area contributed by atoms with E-state index in [-0.39, 0.29) is 25.0 Å². The predicted molar refractivity (Wildman–Crippen MR) is 190 cm³/mol.